The molecule has 1 aromatic carbocycles. The number of hydrogen-bond acceptors (Lipinski definition) is 3. The predicted molar refractivity (Wildman–Crippen MR) is 77.0 cm³/mol. The number of carbonyl (C=O) groups excluding carboxylic acids is 2. The molecule has 0 saturated carbocycles. The van der Waals surface area contributed by atoms with Gasteiger partial charge in [-0.3, -0.25) is 4.79 Å². The molecule has 1 rings (SSSR count). The number of benzene rings is 1. The van der Waals surface area contributed by atoms with E-state index in [0.717, 1.165) is 4.90 Å². The Morgan fingerprint density at radius 3 is 2.25 bits per heavy atom. The van der Waals surface area contributed by atoms with Crippen LogP contribution in [0.1, 0.15) is 13.8 Å². The normalized spacial score (nSPS) is 9.15. The number of ether oxygens (including phenoxy) is 1. The van der Waals surface area contributed by atoms with Gasteiger partial charge in [0.05, 0.1) is 12.8 Å². The third-order valence-electron chi connectivity index (χ3n) is 2.70. The summed E-state index contributed by atoms with van der Waals surface area (Å²) in [5.41, 5.74) is 0.555. The van der Waals surface area contributed by atoms with E-state index in [-0.39, 0.29) is 5.91 Å². The van der Waals surface area contributed by atoms with Crippen molar-refractivity contribution in [1.82, 2.24) is 4.90 Å². The lowest BCUT2D eigenvalue weighted by Gasteiger charge is -2.16. The Hall–Kier alpha value is -2.48. The molecule has 0 aliphatic carbocycles. The quantitative estimate of drug-likeness (QED) is 0.626. The lowest BCUT2D eigenvalue weighted by molar-refractivity contribution is -0.124. The Kier molecular flexibility index (Phi) is 6.11. The summed E-state index contributed by atoms with van der Waals surface area (Å²) >= 11 is 0. The molecular weight excluding hydrogens is 256 g/mol. The van der Waals surface area contributed by atoms with Crippen LogP contribution >= 0.6 is 0 Å². The molecule has 0 atom stereocenters. The molecule has 1 aromatic rings. The fourth-order valence-electron chi connectivity index (χ4n) is 1.58. The van der Waals surface area contributed by atoms with Crippen molar-refractivity contribution in [1.29, 1.82) is 0 Å². The standard InChI is InChI=1S/C15H18N2O3/c1-4-16(5-2)14(18)11-12-17(15(19)20-3)13-9-7-6-8-10-13/h6-10H,4-5H2,1-3H3. The molecule has 0 spiro atoms. The number of carbonyl (C=O) groups is 2. The summed E-state index contributed by atoms with van der Waals surface area (Å²) in [6.07, 6.45) is -0.629. The summed E-state index contributed by atoms with van der Waals surface area (Å²) in [4.78, 5) is 26.2. The number of amides is 2. The van der Waals surface area contributed by atoms with Gasteiger partial charge in [-0.15, -0.1) is 0 Å². The molecule has 0 aliphatic rings. The van der Waals surface area contributed by atoms with Crippen molar-refractivity contribution in [3.63, 3.8) is 0 Å². The molecule has 0 saturated heterocycles. The summed E-state index contributed by atoms with van der Waals surface area (Å²) in [6, 6.07) is 11.4. The minimum absolute atomic E-state index is 0.320. The lowest BCUT2D eigenvalue weighted by atomic mass is 10.3. The van der Waals surface area contributed by atoms with Crippen molar-refractivity contribution in [3.8, 4) is 12.0 Å². The average molecular weight is 274 g/mol. The van der Waals surface area contributed by atoms with Gasteiger partial charge >= 0.3 is 6.09 Å². The van der Waals surface area contributed by atoms with E-state index in [1.165, 1.54) is 7.11 Å². The zero-order valence-corrected chi connectivity index (χ0v) is 11.9. The minimum atomic E-state index is -0.629. The van der Waals surface area contributed by atoms with Crippen LogP contribution in [0.5, 0.6) is 0 Å². The van der Waals surface area contributed by atoms with Gasteiger partial charge in [0.25, 0.3) is 5.91 Å². The van der Waals surface area contributed by atoms with E-state index in [4.69, 9.17) is 0 Å². The van der Waals surface area contributed by atoms with Crippen LogP contribution in [0.25, 0.3) is 0 Å². The van der Waals surface area contributed by atoms with E-state index in [2.05, 4.69) is 16.7 Å². The van der Waals surface area contributed by atoms with Gasteiger partial charge in [-0.2, -0.15) is 0 Å². The Balaban J connectivity index is 2.99. The number of methoxy groups -OCH3 is 1. The van der Waals surface area contributed by atoms with Crippen LogP contribution < -0.4 is 4.90 Å². The first kappa shape index (κ1) is 15.6. The van der Waals surface area contributed by atoms with Gasteiger partial charge in [0.15, 0.2) is 0 Å². The van der Waals surface area contributed by atoms with Crippen LogP contribution in [0, 0.1) is 12.0 Å². The highest BCUT2D eigenvalue weighted by Gasteiger charge is 2.14. The largest absolute Gasteiger partial charge is 0.452 e. The molecule has 0 aromatic heterocycles. The average Bonchev–Trinajstić information content (AvgIpc) is 2.49. The molecule has 0 aliphatic heterocycles. The van der Waals surface area contributed by atoms with Crippen LogP contribution in [0.2, 0.25) is 0 Å². The molecule has 106 valence electrons. The SMILES string of the molecule is CCN(CC)C(=O)C#CN(C(=O)OC)c1ccccc1. The number of nitrogens with zero attached hydrogens (tertiary/aromatic N) is 2. The molecule has 2 amide bonds. The van der Waals surface area contributed by atoms with E-state index in [9.17, 15) is 9.59 Å². The number of para-hydroxylation sites is 1. The third kappa shape index (κ3) is 4.02. The highest BCUT2D eigenvalue weighted by molar-refractivity contribution is 5.97. The summed E-state index contributed by atoms with van der Waals surface area (Å²) < 4.78 is 4.67. The van der Waals surface area contributed by atoms with Crippen molar-refractivity contribution >= 4 is 17.7 Å². The van der Waals surface area contributed by atoms with Crippen molar-refractivity contribution in [2.45, 2.75) is 13.8 Å². The van der Waals surface area contributed by atoms with Crippen LogP contribution in [0.4, 0.5) is 10.5 Å². The number of anilines is 1. The fourth-order valence-corrected chi connectivity index (χ4v) is 1.58. The smallest absolute Gasteiger partial charge is 0.426 e. The first-order chi connectivity index (χ1) is 9.63. The van der Waals surface area contributed by atoms with Crippen LogP contribution in [0.15, 0.2) is 30.3 Å². The third-order valence-corrected chi connectivity index (χ3v) is 2.70. The molecule has 0 bridgehead atoms. The highest BCUT2D eigenvalue weighted by atomic mass is 16.5. The van der Waals surface area contributed by atoms with Gasteiger partial charge in [0.2, 0.25) is 0 Å². The van der Waals surface area contributed by atoms with Crippen LogP contribution in [0.3, 0.4) is 0 Å². The second-order valence-corrected chi connectivity index (χ2v) is 3.86. The fraction of sp³-hybridized carbons (Fsp3) is 0.333. The topological polar surface area (TPSA) is 49.9 Å². The van der Waals surface area contributed by atoms with E-state index < -0.39 is 6.09 Å². The summed E-state index contributed by atoms with van der Waals surface area (Å²) in [5, 5.41) is 0. The molecule has 20 heavy (non-hydrogen) atoms. The van der Waals surface area contributed by atoms with Gasteiger partial charge in [0.1, 0.15) is 0 Å². The van der Waals surface area contributed by atoms with Crippen molar-refractivity contribution in [2.75, 3.05) is 25.1 Å². The molecule has 0 radical (unpaired) electrons. The van der Waals surface area contributed by atoms with E-state index in [1.54, 1.807) is 29.2 Å². The second kappa shape index (κ2) is 7.85. The first-order valence-electron chi connectivity index (χ1n) is 6.37. The molecule has 0 heterocycles. The van der Waals surface area contributed by atoms with Gasteiger partial charge < -0.3 is 9.64 Å². The lowest BCUT2D eigenvalue weighted by Crippen LogP contribution is -2.30. The van der Waals surface area contributed by atoms with Gasteiger partial charge in [0, 0.05) is 25.1 Å². The van der Waals surface area contributed by atoms with Gasteiger partial charge in [-0.1, -0.05) is 18.2 Å². The summed E-state index contributed by atoms with van der Waals surface area (Å²) in [7, 11) is 1.27. The van der Waals surface area contributed by atoms with Gasteiger partial charge in [-0.05, 0) is 26.0 Å². The number of rotatable bonds is 3. The van der Waals surface area contributed by atoms with Crippen LogP contribution in [-0.2, 0) is 9.53 Å². The molecule has 0 N–H and O–H groups in total. The zero-order chi connectivity index (χ0) is 15.0. The molecule has 5 heteroatoms. The van der Waals surface area contributed by atoms with Crippen LogP contribution in [-0.4, -0.2) is 37.1 Å². The molecule has 0 unspecified atom stereocenters. The van der Waals surface area contributed by atoms with E-state index in [0.29, 0.717) is 18.8 Å². The maximum absolute atomic E-state index is 11.8. The molecular formula is C15H18N2O3. The number of hydrogen-bond donors (Lipinski definition) is 0. The van der Waals surface area contributed by atoms with Crippen molar-refractivity contribution in [2.24, 2.45) is 0 Å². The Morgan fingerprint density at radius 1 is 1.15 bits per heavy atom. The van der Waals surface area contributed by atoms with Gasteiger partial charge in [-0.25, -0.2) is 9.69 Å². The molecule has 5 nitrogen and oxygen atoms in total. The summed E-state index contributed by atoms with van der Waals surface area (Å²) in [6.45, 7) is 4.90. The minimum Gasteiger partial charge on any atom is -0.452 e. The van der Waals surface area contributed by atoms with E-state index >= 15 is 0 Å². The maximum Gasteiger partial charge on any atom is 0.426 e. The predicted octanol–water partition coefficient (Wildman–Crippen LogP) is 2.09. The Bertz CT molecular complexity index is 513. The Morgan fingerprint density at radius 2 is 1.75 bits per heavy atom. The van der Waals surface area contributed by atoms with Crippen molar-refractivity contribution < 1.29 is 14.3 Å². The molecule has 0 fully saturated rings. The van der Waals surface area contributed by atoms with Crippen molar-refractivity contribution in [3.05, 3.63) is 30.3 Å². The second-order valence-electron chi connectivity index (χ2n) is 3.86. The maximum atomic E-state index is 11.8. The first-order valence-corrected chi connectivity index (χ1v) is 6.37. The summed E-state index contributed by atoms with van der Waals surface area (Å²) in [5.74, 6) is 2.14. The monoisotopic (exact) mass is 274 g/mol. The zero-order valence-electron chi connectivity index (χ0n) is 11.9. The Labute approximate surface area is 119 Å². The van der Waals surface area contributed by atoms with E-state index in [1.807, 2.05) is 19.9 Å². The highest BCUT2D eigenvalue weighted by Crippen LogP contribution is 2.13.